The van der Waals surface area contributed by atoms with E-state index < -0.39 is 10.0 Å². The largest absolute Gasteiger partial charge is 0.308 e. The van der Waals surface area contributed by atoms with Crippen molar-refractivity contribution in [3.05, 3.63) is 64.1 Å². The van der Waals surface area contributed by atoms with E-state index in [9.17, 15) is 13.2 Å². The summed E-state index contributed by atoms with van der Waals surface area (Å²) in [4.78, 5) is 14.3. The van der Waals surface area contributed by atoms with Crippen LogP contribution in [0.25, 0.3) is 10.8 Å². The van der Waals surface area contributed by atoms with Gasteiger partial charge in [-0.1, -0.05) is 35.3 Å². The number of benzene rings is 3. The number of nitrogens with zero attached hydrogens (tertiary/aromatic N) is 1. The summed E-state index contributed by atoms with van der Waals surface area (Å²) in [5.74, 6) is -0.126. The van der Waals surface area contributed by atoms with Gasteiger partial charge in [-0.25, -0.2) is 8.42 Å². The maximum Gasteiger partial charge on any atom is 0.262 e. The Morgan fingerprint density at radius 2 is 1.85 bits per heavy atom. The fourth-order valence-corrected chi connectivity index (χ4v) is 5.01. The maximum absolute atomic E-state index is 13.0. The molecular formula is C19H14Cl2N2O3S. The molecule has 1 aliphatic rings. The Kier molecular flexibility index (Phi) is 4.29. The average molecular weight is 421 g/mol. The van der Waals surface area contributed by atoms with Crippen LogP contribution in [0.15, 0.2) is 53.4 Å². The Balaban J connectivity index is 1.89. The second kappa shape index (κ2) is 6.41. The first-order chi connectivity index (χ1) is 12.8. The van der Waals surface area contributed by atoms with Crippen LogP contribution in [-0.4, -0.2) is 20.9 Å². The van der Waals surface area contributed by atoms with E-state index in [-0.39, 0.29) is 21.5 Å². The highest BCUT2D eigenvalue weighted by molar-refractivity contribution is 7.93. The molecule has 27 heavy (non-hydrogen) atoms. The third-order valence-electron chi connectivity index (χ3n) is 4.52. The predicted molar refractivity (Wildman–Crippen MR) is 109 cm³/mol. The van der Waals surface area contributed by atoms with Gasteiger partial charge in [-0.15, -0.1) is 0 Å². The molecule has 138 valence electrons. The lowest BCUT2D eigenvalue weighted by Crippen LogP contribution is -2.25. The molecule has 0 spiro atoms. The van der Waals surface area contributed by atoms with Crippen molar-refractivity contribution in [3.63, 3.8) is 0 Å². The summed E-state index contributed by atoms with van der Waals surface area (Å²) < 4.78 is 28.6. The number of carbonyl (C=O) groups is 1. The molecule has 1 N–H and O–H groups in total. The molecule has 5 nitrogen and oxygen atoms in total. The first-order valence-corrected chi connectivity index (χ1v) is 10.4. The summed E-state index contributed by atoms with van der Waals surface area (Å²) in [5, 5.41) is 1.73. The summed E-state index contributed by atoms with van der Waals surface area (Å²) in [6.07, 6.45) is 0. The van der Waals surface area contributed by atoms with Gasteiger partial charge >= 0.3 is 0 Å². The average Bonchev–Trinajstić information content (AvgIpc) is 2.91. The van der Waals surface area contributed by atoms with Crippen LogP contribution in [0, 0.1) is 0 Å². The fourth-order valence-electron chi connectivity index (χ4n) is 3.34. The van der Waals surface area contributed by atoms with Crippen molar-refractivity contribution in [2.24, 2.45) is 0 Å². The van der Waals surface area contributed by atoms with E-state index in [1.165, 1.54) is 18.2 Å². The Morgan fingerprint density at radius 3 is 2.59 bits per heavy atom. The summed E-state index contributed by atoms with van der Waals surface area (Å²) in [5.41, 5.74) is 1.41. The third-order valence-corrected chi connectivity index (χ3v) is 6.51. The Hall–Kier alpha value is -2.28. The van der Waals surface area contributed by atoms with Crippen LogP contribution in [0.2, 0.25) is 10.0 Å². The second-order valence-corrected chi connectivity index (χ2v) is 8.58. The number of carbonyl (C=O) groups excluding carboxylic acids is 1. The minimum absolute atomic E-state index is 0.0740. The van der Waals surface area contributed by atoms with E-state index in [4.69, 9.17) is 23.2 Å². The highest BCUT2D eigenvalue weighted by Gasteiger charge is 2.31. The van der Waals surface area contributed by atoms with E-state index in [2.05, 4.69) is 4.72 Å². The number of nitrogens with one attached hydrogen (secondary N) is 1. The molecule has 0 radical (unpaired) electrons. The number of rotatable bonds is 4. The van der Waals surface area contributed by atoms with Crippen LogP contribution >= 0.6 is 23.2 Å². The number of hydrogen-bond acceptors (Lipinski definition) is 3. The van der Waals surface area contributed by atoms with Crippen molar-refractivity contribution < 1.29 is 13.2 Å². The summed E-state index contributed by atoms with van der Waals surface area (Å²) in [6, 6.07) is 12.8. The van der Waals surface area contributed by atoms with E-state index in [0.29, 0.717) is 33.6 Å². The van der Waals surface area contributed by atoms with Gasteiger partial charge in [0.15, 0.2) is 0 Å². The fraction of sp³-hybridized carbons (Fsp3) is 0.105. The number of amides is 1. The molecule has 1 heterocycles. The molecule has 0 bridgehead atoms. The topological polar surface area (TPSA) is 66.5 Å². The molecule has 0 aromatic heterocycles. The van der Waals surface area contributed by atoms with Gasteiger partial charge in [-0.05, 0) is 43.3 Å². The van der Waals surface area contributed by atoms with Crippen molar-refractivity contribution in [2.45, 2.75) is 11.8 Å². The van der Waals surface area contributed by atoms with Crippen LogP contribution in [-0.2, 0) is 10.0 Å². The van der Waals surface area contributed by atoms with Gasteiger partial charge in [0.2, 0.25) is 0 Å². The van der Waals surface area contributed by atoms with Gasteiger partial charge in [0, 0.05) is 27.9 Å². The molecule has 0 aliphatic carbocycles. The standard InChI is InChI=1S/C19H14Cl2N2O3S/c1-2-23-16-8-9-17(12-4-3-5-13(18(12)16)19(23)24)27(25,26)22-15-10-11(20)6-7-14(15)21/h3-10,22H,2H2,1H3. The van der Waals surface area contributed by atoms with E-state index in [1.807, 2.05) is 6.92 Å². The molecule has 0 unspecified atom stereocenters. The van der Waals surface area contributed by atoms with Gasteiger partial charge in [0.1, 0.15) is 0 Å². The molecular weight excluding hydrogens is 407 g/mol. The smallest absolute Gasteiger partial charge is 0.262 e. The molecule has 3 aromatic rings. The Bertz CT molecular complexity index is 1210. The lowest BCUT2D eigenvalue weighted by molar-refractivity contribution is 0.0994. The molecule has 8 heteroatoms. The zero-order valence-corrected chi connectivity index (χ0v) is 16.5. The summed E-state index contributed by atoms with van der Waals surface area (Å²) >= 11 is 12.0. The molecule has 0 saturated carbocycles. The van der Waals surface area contributed by atoms with Crippen LogP contribution in [0.4, 0.5) is 11.4 Å². The molecule has 1 aliphatic heterocycles. The first kappa shape index (κ1) is 18.1. The lowest BCUT2D eigenvalue weighted by Gasteiger charge is -2.16. The molecule has 0 saturated heterocycles. The summed E-state index contributed by atoms with van der Waals surface area (Å²) in [7, 11) is -3.95. The Labute approximate surface area is 166 Å². The molecule has 0 fully saturated rings. The lowest BCUT2D eigenvalue weighted by atomic mass is 10.1. The number of anilines is 2. The molecule has 0 atom stereocenters. The summed E-state index contributed by atoms with van der Waals surface area (Å²) in [6.45, 7) is 2.38. The highest BCUT2D eigenvalue weighted by Crippen LogP contribution is 2.40. The third kappa shape index (κ3) is 2.84. The van der Waals surface area contributed by atoms with Gasteiger partial charge < -0.3 is 4.90 Å². The van der Waals surface area contributed by atoms with Crippen molar-refractivity contribution in [2.75, 3.05) is 16.2 Å². The van der Waals surface area contributed by atoms with Crippen molar-refractivity contribution in [1.29, 1.82) is 0 Å². The van der Waals surface area contributed by atoms with Gasteiger partial charge in [0.05, 0.1) is 21.3 Å². The SMILES string of the molecule is CCN1C(=O)c2cccc3c(S(=O)(=O)Nc4cc(Cl)ccc4Cl)ccc1c23. The Morgan fingerprint density at radius 1 is 1.07 bits per heavy atom. The zero-order chi connectivity index (χ0) is 19.3. The molecule has 4 rings (SSSR count). The minimum Gasteiger partial charge on any atom is -0.308 e. The maximum atomic E-state index is 13.0. The van der Waals surface area contributed by atoms with Gasteiger partial charge in [0.25, 0.3) is 15.9 Å². The van der Waals surface area contributed by atoms with Crippen molar-refractivity contribution in [3.8, 4) is 0 Å². The first-order valence-electron chi connectivity index (χ1n) is 8.19. The van der Waals surface area contributed by atoms with Crippen LogP contribution in [0.3, 0.4) is 0 Å². The number of halogens is 2. The quantitative estimate of drug-likeness (QED) is 0.650. The van der Waals surface area contributed by atoms with Crippen LogP contribution in [0.1, 0.15) is 17.3 Å². The molecule has 3 aromatic carbocycles. The minimum atomic E-state index is -3.95. The van der Waals surface area contributed by atoms with Crippen LogP contribution < -0.4 is 9.62 Å². The van der Waals surface area contributed by atoms with E-state index >= 15 is 0 Å². The van der Waals surface area contributed by atoms with Gasteiger partial charge in [-0.2, -0.15) is 0 Å². The van der Waals surface area contributed by atoms with Gasteiger partial charge in [-0.3, -0.25) is 9.52 Å². The van der Waals surface area contributed by atoms with Crippen LogP contribution in [0.5, 0.6) is 0 Å². The van der Waals surface area contributed by atoms with E-state index in [0.717, 1.165) is 0 Å². The number of sulfonamides is 1. The molecule has 1 amide bonds. The van der Waals surface area contributed by atoms with Crippen molar-refractivity contribution >= 4 is 61.3 Å². The number of hydrogen-bond donors (Lipinski definition) is 1. The zero-order valence-electron chi connectivity index (χ0n) is 14.2. The highest BCUT2D eigenvalue weighted by atomic mass is 35.5. The normalized spacial score (nSPS) is 13.4. The predicted octanol–water partition coefficient (Wildman–Crippen LogP) is 4.93. The monoisotopic (exact) mass is 420 g/mol. The second-order valence-electron chi connectivity index (χ2n) is 6.09. The van der Waals surface area contributed by atoms with Crippen molar-refractivity contribution in [1.82, 2.24) is 0 Å². The van der Waals surface area contributed by atoms with E-state index in [1.54, 1.807) is 35.2 Å².